The van der Waals surface area contributed by atoms with Gasteiger partial charge in [-0.05, 0) is 48.9 Å². The SMILES string of the molecule is CCCc1cn([C@@H]2CC[C@H](N(C)C(=O)c3ccc(-c4ccccc4)cc3)C2)nn1. The van der Waals surface area contributed by atoms with E-state index in [0.29, 0.717) is 6.04 Å². The van der Waals surface area contributed by atoms with Crippen LogP contribution in [0.5, 0.6) is 0 Å². The molecule has 4 rings (SSSR count). The van der Waals surface area contributed by atoms with E-state index < -0.39 is 0 Å². The van der Waals surface area contributed by atoms with E-state index in [-0.39, 0.29) is 11.9 Å². The van der Waals surface area contributed by atoms with Crippen LogP contribution in [0.4, 0.5) is 0 Å². The molecule has 0 unspecified atom stereocenters. The smallest absolute Gasteiger partial charge is 0.253 e. The summed E-state index contributed by atoms with van der Waals surface area (Å²) in [5.41, 5.74) is 4.08. The molecule has 1 aromatic heterocycles. The van der Waals surface area contributed by atoms with Crippen molar-refractivity contribution in [2.24, 2.45) is 0 Å². The van der Waals surface area contributed by atoms with Gasteiger partial charge in [-0.3, -0.25) is 4.79 Å². The topological polar surface area (TPSA) is 51.0 Å². The summed E-state index contributed by atoms with van der Waals surface area (Å²) >= 11 is 0. The van der Waals surface area contributed by atoms with E-state index in [0.717, 1.165) is 54.5 Å². The van der Waals surface area contributed by atoms with Crippen molar-refractivity contribution < 1.29 is 4.79 Å². The highest BCUT2D eigenvalue weighted by atomic mass is 16.2. The van der Waals surface area contributed by atoms with Crippen LogP contribution < -0.4 is 0 Å². The molecule has 1 aliphatic rings. The van der Waals surface area contributed by atoms with Gasteiger partial charge in [0, 0.05) is 24.8 Å². The van der Waals surface area contributed by atoms with Crippen LogP contribution in [-0.2, 0) is 6.42 Å². The molecule has 0 radical (unpaired) electrons. The van der Waals surface area contributed by atoms with E-state index in [4.69, 9.17) is 0 Å². The molecule has 2 atom stereocenters. The van der Waals surface area contributed by atoms with Crippen molar-refractivity contribution in [3.8, 4) is 11.1 Å². The number of hydrogen-bond acceptors (Lipinski definition) is 3. The quantitative estimate of drug-likeness (QED) is 0.611. The minimum Gasteiger partial charge on any atom is -0.339 e. The van der Waals surface area contributed by atoms with Crippen molar-refractivity contribution in [3.63, 3.8) is 0 Å². The normalized spacial score (nSPS) is 18.7. The summed E-state index contributed by atoms with van der Waals surface area (Å²) in [5, 5.41) is 8.58. The van der Waals surface area contributed by atoms with E-state index in [9.17, 15) is 4.79 Å². The first-order chi connectivity index (χ1) is 14.2. The third-order valence-electron chi connectivity index (χ3n) is 5.92. The van der Waals surface area contributed by atoms with Crippen molar-refractivity contribution in [2.45, 2.75) is 51.1 Å². The van der Waals surface area contributed by atoms with Gasteiger partial charge in [-0.25, -0.2) is 4.68 Å². The number of rotatable bonds is 6. The molecule has 150 valence electrons. The summed E-state index contributed by atoms with van der Waals surface area (Å²) in [6, 6.07) is 18.7. The number of aryl methyl sites for hydroxylation is 1. The largest absolute Gasteiger partial charge is 0.339 e. The average molecular weight is 389 g/mol. The fourth-order valence-electron chi connectivity index (χ4n) is 4.19. The van der Waals surface area contributed by atoms with Crippen molar-refractivity contribution in [2.75, 3.05) is 7.05 Å². The van der Waals surface area contributed by atoms with Crippen molar-refractivity contribution in [3.05, 3.63) is 72.1 Å². The van der Waals surface area contributed by atoms with Gasteiger partial charge in [0.15, 0.2) is 0 Å². The summed E-state index contributed by atoms with van der Waals surface area (Å²) in [6.45, 7) is 2.15. The molecule has 0 spiro atoms. The Kier molecular flexibility index (Phi) is 5.74. The number of nitrogens with zero attached hydrogens (tertiary/aromatic N) is 4. The standard InChI is InChI=1S/C24H28N4O/c1-3-7-21-17-28(26-25-21)23-15-14-22(16-23)27(2)24(29)20-12-10-19(11-13-20)18-8-5-4-6-9-18/h4-6,8-13,17,22-23H,3,7,14-16H2,1-2H3/t22-,23+/m0/s1. The maximum absolute atomic E-state index is 13.0. The predicted octanol–water partition coefficient (Wildman–Crippen LogP) is 4.76. The van der Waals surface area contributed by atoms with Gasteiger partial charge in [-0.1, -0.05) is 61.0 Å². The molecular formula is C24H28N4O. The van der Waals surface area contributed by atoms with Crippen molar-refractivity contribution in [1.82, 2.24) is 19.9 Å². The lowest BCUT2D eigenvalue weighted by molar-refractivity contribution is 0.0732. The maximum atomic E-state index is 13.0. The first-order valence-electron chi connectivity index (χ1n) is 10.5. The highest BCUT2D eigenvalue weighted by Gasteiger charge is 2.31. The van der Waals surface area contributed by atoms with Crippen LogP contribution in [0.25, 0.3) is 11.1 Å². The molecule has 29 heavy (non-hydrogen) atoms. The summed E-state index contributed by atoms with van der Waals surface area (Å²) in [4.78, 5) is 14.9. The third kappa shape index (κ3) is 4.24. The number of benzene rings is 2. The van der Waals surface area contributed by atoms with E-state index >= 15 is 0 Å². The Labute approximate surface area is 172 Å². The van der Waals surface area contributed by atoms with Crippen LogP contribution in [-0.4, -0.2) is 38.9 Å². The Bertz CT molecular complexity index is 949. The molecule has 0 N–H and O–H groups in total. The molecule has 3 aromatic rings. The molecular weight excluding hydrogens is 360 g/mol. The number of amides is 1. The van der Waals surface area contributed by atoms with Gasteiger partial charge >= 0.3 is 0 Å². The molecule has 5 nitrogen and oxygen atoms in total. The van der Waals surface area contributed by atoms with Gasteiger partial charge in [0.25, 0.3) is 5.91 Å². The first kappa shape index (κ1) is 19.4. The fraction of sp³-hybridized carbons (Fsp3) is 0.375. The van der Waals surface area contributed by atoms with E-state index in [1.165, 1.54) is 0 Å². The molecule has 2 aromatic carbocycles. The lowest BCUT2D eigenvalue weighted by atomic mass is 10.0. The van der Waals surface area contributed by atoms with Crippen LogP contribution >= 0.6 is 0 Å². The summed E-state index contributed by atoms with van der Waals surface area (Å²) < 4.78 is 2.00. The molecule has 1 heterocycles. The van der Waals surface area contributed by atoms with Crippen LogP contribution in [0, 0.1) is 0 Å². The molecule has 0 saturated heterocycles. The summed E-state index contributed by atoms with van der Waals surface area (Å²) in [6.07, 6.45) is 7.07. The van der Waals surface area contributed by atoms with Gasteiger partial charge < -0.3 is 4.90 Å². The Morgan fingerprint density at radius 2 is 1.79 bits per heavy atom. The Morgan fingerprint density at radius 3 is 2.52 bits per heavy atom. The zero-order chi connectivity index (χ0) is 20.2. The number of hydrogen-bond donors (Lipinski definition) is 0. The Morgan fingerprint density at radius 1 is 1.07 bits per heavy atom. The third-order valence-corrected chi connectivity index (χ3v) is 5.92. The van der Waals surface area contributed by atoms with E-state index in [1.54, 1.807) is 0 Å². The molecule has 1 amide bonds. The maximum Gasteiger partial charge on any atom is 0.253 e. The zero-order valence-electron chi connectivity index (χ0n) is 17.2. The predicted molar refractivity (Wildman–Crippen MR) is 115 cm³/mol. The van der Waals surface area contributed by atoms with Gasteiger partial charge in [0.1, 0.15) is 0 Å². The van der Waals surface area contributed by atoms with Crippen LogP contribution in [0.2, 0.25) is 0 Å². The number of carbonyl (C=O) groups is 1. The lowest BCUT2D eigenvalue weighted by Gasteiger charge is -2.25. The number of carbonyl (C=O) groups excluding carboxylic acids is 1. The Hall–Kier alpha value is -2.95. The molecule has 1 fully saturated rings. The van der Waals surface area contributed by atoms with Gasteiger partial charge in [0.2, 0.25) is 0 Å². The first-order valence-corrected chi connectivity index (χ1v) is 10.5. The second kappa shape index (κ2) is 8.60. The minimum atomic E-state index is 0.0838. The van der Waals surface area contributed by atoms with Crippen molar-refractivity contribution in [1.29, 1.82) is 0 Å². The zero-order valence-corrected chi connectivity index (χ0v) is 17.2. The van der Waals surface area contributed by atoms with Gasteiger partial charge in [0.05, 0.1) is 11.7 Å². The molecule has 0 aliphatic heterocycles. The van der Waals surface area contributed by atoms with E-state index in [2.05, 4.69) is 35.6 Å². The average Bonchev–Trinajstić information content (AvgIpc) is 3.43. The minimum absolute atomic E-state index is 0.0838. The molecule has 5 heteroatoms. The molecule has 1 aliphatic carbocycles. The molecule has 0 bridgehead atoms. The van der Waals surface area contributed by atoms with Crippen LogP contribution in [0.1, 0.15) is 54.7 Å². The highest BCUT2D eigenvalue weighted by Crippen LogP contribution is 2.33. The second-order valence-electron chi connectivity index (χ2n) is 7.92. The van der Waals surface area contributed by atoms with Crippen LogP contribution in [0.3, 0.4) is 0 Å². The highest BCUT2D eigenvalue weighted by molar-refractivity contribution is 5.94. The Balaban J connectivity index is 1.40. The van der Waals surface area contributed by atoms with Crippen molar-refractivity contribution >= 4 is 5.91 Å². The van der Waals surface area contributed by atoms with Gasteiger partial charge in [-0.15, -0.1) is 5.10 Å². The second-order valence-corrected chi connectivity index (χ2v) is 7.92. The summed E-state index contributed by atoms with van der Waals surface area (Å²) in [5.74, 6) is 0.0838. The van der Waals surface area contributed by atoms with Crippen LogP contribution in [0.15, 0.2) is 60.8 Å². The summed E-state index contributed by atoms with van der Waals surface area (Å²) in [7, 11) is 1.92. The number of aromatic nitrogens is 3. The fourth-order valence-corrected chi connectivity index (χ4v) is 4.19. The monoisotopic (exact) mass is 388 g/mol. The van der Waals surface area contributed by atoms with Gasteiger partial charge in [-0.2, -0.15) is 0 Å². The molecule has 1 saturated carbocycles. The lowest BCUT2D eigenvalue weighted by Crippen LogP contribution is -2.35. The van der Waals surface area contributed by atoms with E-state index in [1.807, 2.05) is 59.1 Å².